The van der Waals surface area contributed by atoms with E-state index in [0.29, 0.717) is 12.0 Å². The summed E-state index contributed by atoms with van der Waals surface area (Å²) < 4.78 is 5.43. The van der Waals surface area contributed by atoms with Gasteiger partial charge in [0.05, 0.1) is 13.2 Å². The van der Waals surface area contributed by atoms with Gasteiger partial charge < -0.3 is 20.3 Å². The molecule has 2 fully saturated rings. The predicted molar refractivity (Wildman–Crippen MR) is 125 cm³/mol. The summed E-state index contributed by atoms with van der Waals surface area (Å²) in [6.07, 6.45) is 5.05. The summed E-state index contributed by atoms with van der Waals surface area (Å²) in [6, 6.07) is 0.556. The molecule has 160 valence electrons. The number of guanidine groups is 1. The lowest BCUT2D eigenvalue weighted by atomic mass is 10.0. The molecule has 0 aromatic rings. The van der Waals surface area contributed by atoms with Crippen molar-refractivity contribution in [2.75, 3.05) is 65.6 Å². The molecular formula is C20H42IN5O. The second-order valence-corrected chi connectivity index (χ2v) is 7.85. The van der Waals surface area contributed by atoms with Crippen LogP contribution in [-0.4, -0.2) is 87.4 Å². The van der Waals surface area contributed by atoms with E-state index in [1.165, 1.54) is 45.3 Å². The molecule has 1 unspecified atom stereocenters. The molecule has 0 radical (unpaired) electrons. The summed E-state index contributed by atoms with van der Waals surface area (Å²) in [7, 11) is 0. The summed E-state index contributed by atoms with van der Waals surface area (Å²) in [4.78, 5) is 9.97. The highest BCUT2D eigenvalue weighted by Gasteiger charge is 2.19. The first-order valence-electron chi connectivity index (χ1n) is 10.8. The van der Waals surface area contributed by atoms with E-state index in [-0.39, 0.29) is 24.0 Å². The molecule has 2 aliphatic heterocycles. The number of halogens is 1. The van der Waals surface area contributed by atoms with E-state index in [2.05, 4.69) is 41.2 Å². The number of likely N-dealkylation sites (tertiary alicyclic amines) is 1. The standard InChI is InChI=1S/C20H41N5O.HI/c1-4-6-9-24-10-7-19(8-11-24)23-20(21-5-2)22-16-18(3)17-25-12-14-26-15-13-25;/h18-19H,4-17H2,1-3H3,(H2,21,22,23);1H. The largest absolute Gasteiger partial charge is 0.379 e. The molecular weight excluding hydrogens is 453 g/mol. The molecule has 0 amide bonds. The molecule has 0 bridgehead atoms. The van der Waals surface area contributed by atoms with Gasteiger partial charge in [-0.25, -0.2) is 0 Å². The fourth-order valence-corrected chi connectivity index (χ4v) is 3.73. The summed E-state index contributed by atoms with van der Waals surface area (Å²) in [6.45, 7) is 17.2. The van der Waals surface area contributed by atoms with Gasteiger partial charge in [0.1, 0.15) is 0 Å². The number of piperidine rings is 1. The first-order chi connectivity index (χ1) is 12.7. The van der Waals surface area contributed by atoms with E-state index >= 15 is 0 Å². The molecule has 6 nitrogen and oxygen atoms in total. The molecule has 27 heavy (non-hydrogen) atoms. The summed E-state index contributed by atoms with van der Waals surface area (Å²) in [5.74, 6) is 1.56. The van der Waals surface area contributed by atoms with Crippen LogP contribution in [0.1, 0.15) is 46.5 Å². The number of hydrogen-bond donors (Lipinski definition) is 2. The van der Waals surface area contributed by atoms with E-state index < -0.39 is 0 Å². The van der Waals surface area contributed by atoms with Crippen LogP contribution in [0.3, 0.4) is 0 Å². The van der Waals surface area contributed by atoms with Crippen LogP contribution in [0.15, 0.2) is 4.99 Å². The maximum atomic E-state index is 5.43. The highest BCUT2D eigenvalue weighted by Crippen LogP contribution is 2.11. The number of unbranched alkanes of at least 4 members (excludes halogenated alkanes) is 1. The van der Waals surface area contributed by atoms with E-state index in [1.807, 2.05) is 0 Å². The average molecular weight is 495 g/mol. The van der Waals surface area contributed by atoms with Gasteiger partial charge >= 0.3 is 0 Å². The van der Waals surface area contributed by atoms with Crippen molar-refractivity contribution in [3.8, 4) is 0 Å². The van der Waals surface area contributed by atoms with Crippen molar-refractivity contribution in [3.63, 3.8) is 0 Å². The van der Waals surface area contributed by atoms with E-state index in [4.69, 9.17) is 9.73 Å². The van der Waals surface area contributed by atoms with Gasteiger partial charge in [0.25, 0.3) is 0 Å². The number of nitrogens with one attached hydrogen (secondary N) is 2. The molecule has 0 spiro atoms. The monoisotopic (exact) mass is 495 g/mol. The first-order valence-corrected chi connectivity index (χ1v) is 10.8. The Balaban J connectivity index is 0.00000364. The van der Waals surface area contributed by atoms with Gasteiger partial charge in [0.15, 0.2) is 5.96 Å². The van der Waals surface area contributed by atoms with Gasteiger partial charge in [-0.1, -0.05) is 20.3 Å². The Morgan fingerprint density at radius 1 is 1.11 bits per heavy atom. The Morgan fingerprint density at radius 3 is 2.44 bits per heavy atom. The van der Waals surface area contributed by atoms with Crippen LogP contribution in [-0.2, 0) is 4.74 Å². The molecule has 0 aliphatic carbocycles. The Hall–Kier alpha value is -0.120. The lowest BCUT2D eigenvalue weighted by Crippen LogP contribution is -2.49. The Morgan fingerprint density at radius 2 is 1.81 bits per heavy atom. The third-order valence-electron chi connectivity index (χ3n) is 5.34. The molecule has 0 aromatic carbocycles. The zero-order chi connectivity index (χ0) is 18.6. The first kappa shape index (κ1) is 24.9. The Kier molecular flexibility index (Phi) is 13.7. The summed E-state index contributed by atoms with van der Waals surface area (Å²) >= 11 is 0. The highest BCUT2D eigenvalue weighted by molar-refractivity contribution is 14.0. The Labute approximate surface area is 183 Å². The number of nitrogens with zero attached hydrogens (tertiary/aromatic N) is 3. The highest BCUT2D eigenvalue weighted by atomic mass is 127. The van der Waals surface area contributed by atoms with Crippen LogP contribution in [0, 0.1) is 5.92 Å². The molecule has 0 saturated carbocycles. The molecule has 2 heterocycles. The fourth-order valence-electron chi connectivity index (χ4n) is 3.73. The van der Waals surface area contributed by atoms with Crippen molar-refractivity contribution in [1.29, 1.82) is 0 Å². The Bertz CT molecular complexity index is 396. The van der Waals surface area contributed by atoms with Crippen molar-refractivity contribution < 1.29 is 4.74 Å². The minimum absolute atomic E-state index is 0. The van der Waals surface area contributed by atoms with Crippen LogP contribution in [0.5, 0.6) is 0 Å². The smallest absolute Gasteiger partial charge is 0.191 e. The summed E-state index contributed by atoms with van der Waals surface area (Å²) in [5.41, 5.74) is 0. The minimum atomic E-state index is 0. The van der Waals surface area contributed by atoms with Crippen LogP contribution in [0.25, 0.3) is 0 Å². The molecule has 2 rings (SSSR count). The second-order valence-electron chi connectivity index (χ2n) is 7.85. The van der Waals surface area contributed by atoms with E-state index in [1.54, 1.807) is 0 Å². The SMILES string of the molecule is CCCCN1CCC(NC(=NCC(C)CN2CCOCC2)NCC)CC1.I. The molecule has 1 atom stereocenters. The maximum absolute atomic E-state index is 5.43. The molecule has 2 N–H and O–H groups in total. The number of hydrogen-bond acceptors (Lipinski definition) is 4. The van der Waals surface area contributed by atoms with Gasteiger partial charge in [-0.2, -0.15) is 0 Å². The summed E-state index contributed by atoms with van der Waals surface area (Å²) in [5, 5.41) is 7.10. The van der Waals surface area contributed by atoms with Crippen LogP contribution < -0.4 is 10.6 Å². The van der Waals surface area contributed by atoms with Crippen molar-refractivity contribution in [2.45, 2.75) is 52.5 Å². The van der Waals surface area contributed by atoms with Crippen LogP contribution in [0.2, 0.25) is 0 Å². The van der Waals surface area contributed by atoms with Crippen LogP contribution in [0.4, 0.5) is 0 Å². The van der Waals surface area contributed by atoms with Gasteiger partial charge in [-0.3, -0.25) is 9.89 Å². The zero-order valence-corrected chi connectivity index (χ0v) is 20.0. The van der Waals surface area contributed by atoms with Gasteiger partial charge in [-0.15, -0.1) is 24.0 Å². The van der Waals surface area contributed by atoms with Crippen molar-refractivity contribution >= 4 is 29.9 Å². The zero-order valence-electron chi connectivity index (χ0n) is 17.7. The van der Waals surface area contributed by atoms with Gasteiger partial charge in [-0.05, 0) is 38.6 Å². The number of morpholine rings is 1. The molecule has 2 saturated heterocycles. The van der Waals surface area contributed by atoms with Gasteiger partial charge in [0.2, 0.25) is 0 Å². The normalized spacial score (nSPS) is 21.5. The third-order valence-corrected chi connectivity index (χ3v) is 5.34. The average Bonchev–Trinajstić information content (AvgIpc) is 2.66. The maximum Gasteiger partial charge on any atom is 0.191 e. The lowest BCUT2D eigenvalue weighted by Gasteiger charge is -2.33. The van der Waals surface area contributed by atoms with E-state index in [0.717, 1.165) is 51.9 Å². The molecule has 2 aliphatic rings. The molecule has 7 heteroatoms. The quantitative estimate of drug-likeness (QED) is 0.292. The van der Waals surface area contributed by atoms with Crippen LogP contribution >= 0.6 is 24.0 Å². The second kappa shape index (κ2) is 14.8. The fraction of sp³-hybridized carbons (Fsp3) is 0.950. The number of aliphatic imine (C=N–C) groups is 1. The van der Waals surface area contributed by atoms with E-state index in [9.17, 15) is 0 Å². The van der Waals surface area contributed by atoms with Crippen molar-refractivity contribution in [1.82, 2.24) is 20.4 Å². The van der Waals surface area contributed by atoms with Crippen molar-refractivity contribution in [2.24, 2.45) is 10.9 Å². The number of rotatable bonds is 9. The van der Waals surface area contributed by atoms with Gasteiger partial charge in [0, 0.05) is 51.9 Å². The third kappa shape index (κ3) is 10.3. The topological polar surface area (TPSA) is 52.1 Å². The lowest BCUT2D eigenvalue weighted by molar-refractivity contribution is 0.0323. The predicted octanol–water partition coefficient (Wildman–Crippen LogP) is 2.39. The molecule has 0 aromatic heterocycles. The number of ether oxygens (including phenoxy) is 1. The van der Waals surface area contributed by atoms with Crippen molar-refractivity contribution in [3.05, 3.63) is 0 Å². The minimum Gasteiger partial charge on any atom is -0.379 e.